The second-order valence-electron chi connectivity index (χ2n) is 7.10. The van der Waals surface area contributed by atoms with Crippen molar-refractivity contribution in [1.29, 1.82) is 0 Å². The van der Waals surface area contributed by atoms with Crippen LogP contribution in [0.15, 0.2) is 23.8 Å². The van der Waals surface area contributed by atoms with E-state index in [0.717, 1.165) is 0 Å². The Bertz CT molecular complexity index is 1050. The zero-order valence-corrected chi connectivity index (χ0v) is 17.5. The maximum atomic E-state index is 14.3. The van der Waals surface area contributed by atoms with Crippen LogP contribution in [0.4, 0.5) is 26.1 Å². The Labute approximate surface area is 175 Å². The highest BCUT2D eigenvalue weighted by molar-refractivity contribution is 7.16. The fourth-order valence-corrected chi connectivity index (χ4v) is 3.19. The third kappa shape index (κ3) is 4.97. The fourth-order valence-electron chi connectivity index (χ4n) is 2.55. The van der Waals surface area contributed by atoms with E-state index in [2.05, 4.69) is 30.9 Å². The number of rotatable bonds is 8. The predicted octanol–water partition coefficient (Wildman–Crippen LogP) is 3.24. The first-order valence-corrected chi connectivity index (χ1v) is 10.1. The highest BCUT2D eigenvalue weighted by atomic mass is 32.1. The zero-order valence-electron chi connectivity index (χ0n) is 16.7. The summed E-state index contributed by atoms with van der Waals surface area (Å²) >= 11 is 1.28. The van der Waals surface area contributed by atoms with E-state index >= 15 is 0 Å². The number of carbonyl (C=O) groups excluding carboxylic acids is 1. The van der Waals surface area contributed by atoms with Gasteiger partial charge in [-0.05, 0) is 20.8 Å². The van der Waals surface area contributed by atoms with Crippen LogP contribution < -0.4 is 16.0 Å². The summed E-state index contributed by atoms with van der Waals surface area (Å²) in [5.74, 6) is -0.864. The first-order valence-electron chi connectivity index (χ1n) is 9.24. The van der Waals surface area contributed by atoms with Crippen molar-refractivity contribution in [3.63, 3.8) is 0 Å². The number of pyridine rings is 2. The Kier molecular flexibility index (Phi) is 6.42. The minimum atomic E-state index is -1.63. The molecule has 0 radical (unpaired) electrons. The van der Waals surface area contributed by atoms with Gasteiger partial charge in [-0.25, -0.2) is 23.7 Å². The average Bonchev–Trinajstić information content (AvgIpc) is 3.13. The van der Waals surface area contributed by atoms with Crippen LogP contribution in [0.3, 0.4) is 0 Å². The van der Waals surface area contributed by atoms with E-state index in [4.69, 9.17) is 0 Å². The molecule has 30 heavy (non-hydrogen) atoms. The van der Waals surface area contributed by atoms with Gasteiger partial charge in [-0.3, -0.25) is 4.79 Å². The van der Waals surface area contributed by atoms with Crippen LogP contribution >= 0.6 is 11.3 Å². The maximum absolute atomic E-state index is 14.3. The van der Waals surface area contributed by atoms with Crippen LogP contribution in [0, 0.1) is 5.82 Å². The van der Waals surface area contributed by atoms with E-state index in [9.17, 15) is 18.7 Å². The van der Waals surface area contributed by atoms with Crippen molar-refractivity contribution in [3.8, 4) is 0 Å². The van der Waals surface area contributed by atoms with Gasteiger partial charge >= 0.3 is 0 Å². The lowest BCUT2D eigenvalue weighted by atomic mass is 10.0. The lowest BCUT2D eigenvalue weighted by molar-refractivity contribution is -0.00177. The molecule has 0 saturated carbocycles. The van der Waals surface area contributed by atoms with Crippen LogP contribution in [0.25, 0.3) is 10.3 Å². The minimum Gasteiger partial charge on any atom is -0.387 e. The summed E-state index contributed by atoms with van der Waals surface area (Å²) in [6.07, 6.45) is -0.329. The summed E-state index contributed by atoms with van der Waals surface area (Å²) in [6.45, 7) is 4.66. The van der Waals surface area contributed by atoms with Gasteiger partial charge in [0.05, 0.1) is 28.9 Å². The van der Waals surface area contributed by atoms with Gasteiger partial charge in [0, 0.05) is 24.9 Å². The number of carbonyl (C=O) groups is 1. The molecule has 3 rings (SSSR count). The number of fused-ring (bicyclic) bond motifs is 1. The monoisotopic (exact) mass is 436 g/mol. The highest BCUT2D eigenvalue weighted by Crippen LogP contribution is 2.25. The molecule has 0 spiro atoms. The molecule has 11 heteroatoms. The van der Waals surface area contributed by atoms with Gasteiger partial charge in [0.25, 0.3) is 5.91 Å². The Hall–Kier alpha value is -2.92. The molecular weight excluding hydrogens is 414 g/mol. The molecule has 160 valence electrons. The third-order valence-corrected chi connectivity index (χ3v) is 4.98. The predicted molar refractivity (Wildman–Crippen MR) is 113 cm³/mol. The van der Waals surface area contributed by atoms with Crippen LogP contribution in [-0.4, -0.2) is 50.8 Å². The van der Waals surface area contributed by atoms with E-state index in [0.29, 0.717) is 22.6 Å². The summed E-state index contributed by atoms with van der Waals surface area (Å²) < 4.78 is 28.2. The lowest BCUT2D eigenvalue weighted by Gasteiger charge is -2.22. The summed E-state index contributed by atoms with van der Waals surface area (Å²) in [5.41, 5.74) is 1.10. The molecule has 4 N–H and O–H groups in total. The number of thiazole rings is 1. The molecule has 0 saturated heterocycles. The number of nitrogens with one attached hydrogen (secondary N) is 3. The molecule has 8 nitrogen and oxygen atoms in total. The van der Waals surface area contributed by atoms with Crippen molar-refractivity contribution >= 4 is 44.9 Å². The fraction of sp³-hybridized carbons (Fsp3) is 0.368. The number of aliphatic hydroxyl groups is 1. The molecule has 0 fully saturated rings. The molecule has 1 amide bonds. The number of hydrogen-bond donors (Lipinski definition) is 4. The summed E-state index contributed by atoms with van der Waals surface area (Å²) in [5, 5.41) is 17.9. The Balaban J connectivity index is 1.80. The molecule has 0 bridgehead atoms. The van der Waals surface area contributed by atoms with Gasteiger partial charge in [0.2, 0.25) is 0 Å². The smallest absolute Gasteiger partial charge is 0.255 e. The van der Waals surface area contributed by atoms with E-state index in [1.807, 2.05) is 6.92 Å². The quantitative estimate of drug-likeness (QED) is 0.429. The van der Waals surface area contributed by atoms with Crippen LogP contribution in [0.1, 0.15) is 31.1 Å². The molecule has 1 atom stereocenters. The van der Waals surface area contributed by atoms with Crippen LogP contribution in [-0.2, 0) is 0 Å². The molecule has 3 aromatic heterocycles. The summed E-state index contributed by atoms with van der Waals surface area (Å²) in [4.78, 5) is 25.4. The molecule has 3 heterocycles. The van der Waals surface area contributed by atoms with E-state index in [-0.39, 0.29) is 23.7 Å². The van der Waals surface area contributed by atoms with Gasteiger partial charge in [0.1, 0.15) is 22.3 Å². The SMILES string of the molecule is CCNc1cc(Nc2nc3scnc3cc2F)ncc1C(=O)NC[C@@H](F)C(C)(C)O. The summed E-state index contributed by atoms with van der Waals surface area (Å²) in [7, 11) is 0. The largest absolute Gasteiger partial charge is 0.387 e. The number of aromatic nitrogens is 3. The molecule has 0 aliphatic rings. The minimum absolute atomic E-state index is 0.00986. The van der Waals surface area contributed by atoms with Gasteiger partial charge in [-0.15, -0.1) is 11.3 Å². The average molecular weight is 436 g/mol. The second kappa shape index (κ2) is 8.84. The third-order valence-electron chi connectivity index (χ3n) is 4.25. The molecule has 0 aliphatic carbocycles. The number of hydrogen-bond acceptors (Lipinski definition) is 8. The van der Waals surface area contributed by atoms with Crippen molar-refractivity contribution in [1.82, 2.24) is 20.3 Å². The van der Waals surface area contributed by atoms with E-state index in [1.54, 1.807) is 11.6 Å². The molecule has 0 aliphatic heterocycles. The Morgan fingerprint density at radius 3 is 2.80 bits per heavy atom. The summed E-state index contributed by atoms with van der Waals surface area (Å²) in [6, 6.07) is 2.82. The lowest BCUT2D eigenvalue weighted by Crippen LogP contribution is -2.42. The van der Waals surface area contributed by atoms with Gasteiger partial charge in [-0.1, -0.05) is 0 Å². The standard InChI is InChI=1S/C19H22F2N6O2S/c1-4-22-12-6-15(26-16-11(20)5-13-18(27-16)30-9-25-13)23-7-10(12)17(28)24-8-14(21)19(2,3)29/h5-7,9,14,29H,4,8H2,1-3H3,(H,24,28)(H2,22,23,26,27)/t14-/m1/s1. The van der Waals surface area contributed by atoms with Crippen LogP contribution in [0.5, 0.6) is 0 Å². The Morgan fingerprint density at radius 1 is 1.33 bits per heavy atom. The van der Waals surface area contributed by atoms with Gasteiger partial charge in [0.15, 0.2) is 11.6 Å². The van der Waals surface area contributed by atoms with Crippen molar-refractivity contribution in [2.45, 2.75) is 32.5 Å². The van der Waals surface area contributed by atoms with E-state index in [1.165, 1.54) is 37.4 Å². The van der Waals surface area contributed by atoms with Gasteiger partial charge in [-0.2, -0.15) is 0 Å². The van der Waals surface area contributed by atoms with E-state index < -0.39 is 23.5 Å². The number of anilines is 3. The molecule has 0 unspecified atom stereocenters. The topological polar surface area (TPSA) is 112 Å². The van der Waals surface area contributed by atoms with Crippen LogP contribution in [0.2, 0.25) is 0 Å². The number of alkyl halides is 1. The molecule has 0 aromatic carbocycles. The zero-order chi connectivity index (χ0) is 21.9. The van der Waals surface area contributed by atoms with Crippen molar-refractivity contribution in [2.24, 2.45) is 0 Å². The number of nitrogens with zero attached hydrogens (tertiary/aromatic N) is 3. The van der Waals surface area contributed by atoms with Crippen molar-refractivity contribution < 1.29 is 18.7 Å². The van der Waals surface area contributed by atoms with Crippen molar-refractivity contribution in [2.75, 3.05) is 23.7 Å². The maximum Gasteiger partial charge on any atom is 0.255 e. The number of halogens is 2. The first kappa shape index (κ1) is 21.8. The second-order valence-corrected chi connectivity index (χ2v) is 7.93. The Morgan fingerprint density at radius 2 is 2.10 bits per heavy atom. The van der Waals surface area contributed by atoms with Crippen molar-refractivity contribution in [3.05, 3.63) is 35.2 Å². The first-order chi connectivity index (χ1) is 14.2. The van der Waals surface area contributed by atoms with Gasteiger partial charge < -0.3 is 21.1 Å². The number of amides is 1. The normalized spacial score (nSPS) is 12.6. The molecule has 3 aromatic rings. The molecular formula is C19H22F2N6O2S. The highest BCUT2D eigenvalue weighted by Gasteiger charge is 2.27.